The summed E-state index contributed by atoms with van der Waals surface area (Å²) in [7, 11) is 5.28. The Kier molecular flexibility index (Phi) is 7.29. The molecule has 2 N–H and O–H groups in total. The van der Waals surface area contributed by atoms with Crippen molar-refractivity contribution in [2.45, 2.75) is 38.8 Å². The van der Waals surface area contributed by atoms with Gasteiger partial charge in [0.1, 0.15) is 0 Å². The number of likely N-dealkylation sites (N-methyl/N-ethyl adjacent to an activating group) is 1. The van der Waals surface area contributed by atoms with Gasteiger partial charge in [-0.2, -0.15) is 0 Å². The highest BCUT2D eigenvalue weighted by molar-refractivity contribution is 6.33. The van der Waals surface area contributed by atoms with Gasteiger partial charge in [0.15, 0.2) is 11.5 Å². The Morgan fingerprint density at radius 2 is 1.95 bits per heavy atom. The van der Waals surface area contributed by atoms with Crippen LogP contribution in [-0.2, 0) is 0 Å². The fourth-order valence-corrected chi connectivity index (χ4v) is 2.96. The number of benzene rings is 1. The normalized spacial score (nSPS) is 14.1. The Balaban J connectivity index is 3.17. The maximum Gasteiger partial charge on any atom is 0.179 e. The Morgan fingerprint density at radius 3 is 2.43 bits per heavy atom. The van der Waals surface area contributed by atoms with Crippen LogP contribution in [0.1, 0.15) is 38.3 Å². The van der Waals surface area contributed by atoms with Crippen LogP contribution >= 0.6 is 11.6 Å². The SMILES string of the molecule is CCCC(C)N(C)C(CN)c1ccc(OC)c(OC)c1Cl. The van der Waals surface area contributed by atoms with Gasteiger partial charge in [0.25, 0.3) is 0 Å². The van der Waals surface area contributed by atoms with Gasteiger partial charge in [-0.15, -0.1) is 0 Å². The number of methoxy groups -OCH3 is 2. The molecule has 0 heterocycles. The lowest BCUT2D eigenvalue weighted by Gasteiger charge is -2.33. The zero-order valence-electron chi connectivity index (χ0n) is 13.6. The largest absolute Gasteiger partial charge is 0.493 e. The number of nitrogens with zero attached hydrogens (tertiary/aromatic N) is 1. The van der Waals surface area contributed by atoms with E-state index in [-0.39, 0.29) is 6.04 Å². The van der Waals surface area contributed by atoms with E-state index in [1.165, 1.54) is 0 Å². The van der Waals surface area contributed by atoms with Crippen LogP contribution in [0.5, 0.6) is 11.5 Å². The van der Waals surface area contributed by atoms with Crippen LogP contribution in [0.15, 0.2) is 12.1 Å². The van der Waals surface area contributed by atoms with E-state index >= 15 is 0 Å². The zero-order valence-corrected chi connectivity index (χ0v) is 14.4. The van der Waals surface area contributed by atoms with Gasteiger partial charge in [0.05, 0.1) is 19.2 Å². The minimum Gasteiger partial charge on any atom is -0.493 e. The van der Waals surface area contributed by atoms with Crippen molar-refractivity contribution in [2.24, 2.45) is 5.73 Å². The van der Waals surface area contributed by atoms with Crippen molar-refractivity contribution in [3.05, 3.63) is 22.7 Å². The van der Waals surface area contributed by atoms with Crippen LogP contribution in [0.3, 0.4) is 0 Å². The smallest absolute Gasteiger partial charge is 0.179 e. The minimum atomic E-state index is 0.0545. The Bertz CT molecular complexity index is 454. The molecule has 4 nitrogen and oxygen atoms in total. The van der Waals surface area contributed by atoms with Gasteiger partial charge in [0.2, 0.25) is 0 Å². The van der Waals surface area contributed by atoms with Gasteiger partial charge in [-0.1, -0.05) is 31.0 Å². The van der Waals surface area contributed by atoms with E-state index in [1.807, 2.05) is 12.1 Å². The van der Waals surface area contributed by atoms with Crippen molar-refractivity contribution in [1.29, 1.82) is 0 Å². The van der Waals surface area contributed by atoms with Crippen LogP contribution in [0.25, 0.3) is 0 Å². The maximum atomic E-state index is 6.50. The first-order valence-electron chi connectivity index (χ1n) is 7.34. The molecule has 0 saturated carbocycles. The van der Waals surface area contributed by atoms with E-state index in [0.717, 1.165) is 18.4 Å². The molecule has 1 aromatic carbocycles. The average molecular weight is 315 g/mol. The molecule has 0 bridgehead atoms. The second-order valence-corrected chi connectivity index (χ2v) is 5.64. The molecule has 0 spiro atoms. The molecule has 0 aliphatic heterocycles. The predicted molar refractivity (Wildman–Crippen MR) is 88.5 cm³/mol. The highest BCUT2D eigenvalue weighted by atomic mass is 35.5. The summed E-state index contributed by atoms with van der Waals surface area (Å²) in [6.45, 7) is 4.89. The Labute approximate surface area is 133 Å². The van der Waals surface area contributed by atoms with Crippen molar-refractivity contribution in [3.8, 4) is 11.5 Å². The summed E-state index contributed by atoms with van der Waals surface area (Å²) in [5, 5.41) is 0.572. The van der Waals surface area contributed by atoms with Crippen molar-refractivity contribution < 1.29 is 9.47 Å². The second kappa shape index (κ2) is 8.47. The summed E-state index contributed by atoms with van der Waals surface area (Å²) in [5.74, 6) is 1.19. The van der Waals surface area contributed by atoms with Crippen LogP contribution < -0.4 is 15.2 Å². The minimum absolute atomic E-state index is 0.0545. The number of nitrogens with two attached hydrogens (primary N) is 1. The van der Waals surface area contributed by atoms with Crippen LogP contribution in [-0.4, -0.2) is 38.8 Å². The third kappa shape index (κ3) is 4.02. The van der Waals surface area contributed by atoms with Crippen LogP contribution in [0.2, 0.25) is 5.02 Å². The number of ether oxygens (including phenoxy) is 2. The van der Waals surface area contributed by atoms with Crippen molar-refractivity contribution in [1.82, 2.24) is 4.90 Å². The van der Waals surface area contributed by atoms with Gasteiger partial charge < -0.3 is 15.2 Å². The third-order valence-electron chi connectivity index (χ3n) is 3.99. The van der Waals surface area contributed by atoms with Crippen molar-refractivity contribution >= 4 is 11.6 Å². The number of hydrogen-bond donors (Lipinski definition) is 1. The summed E-state index contributed by atoms with van der Waals surface area (Å²) < 4.78 is 10.7. The lowest BCUT2D eigenvalue weighted by molar-refractivity contribution is 0.179. The summed E-state index contributed by atoms with van der Waals surface area (Å²) in [6, 6.07) is 4.34. The van der Waals surface area contributed by atoms with Gasteiger partial charge in [-0.25, -0.2) is 0 Å². The predicted octanol–water partition coefficient (Wildman–Crippen LogP) is 3.48. The van der Waals surface area contributed by atoms with Crippen LogP contribution in [0.4, 0.5) is 0 Å². The molecule has 21 heavy (non-hydrogen) atoms. The molecule has 1 aromatic rings. The standard InChI is InChI=1S/C16H27ClN2O2/c1-6-7-11(2)19(3)13(10-18)12-8-9-14(20-4)16(21-5)15(12)17/h8-9,11,13H,6-7,10,18H2,1-5H3. The quantitative estimate of drug-likeness (QED) is 0.798. The van der Waals surface area contributed by atoms with E-state index in [9.17, 15) is 0 Å². The topological polar surface area (TPSA) is 47.7 Å². The summed E-state index contributed by atoms with van der Waals surface area (Å²) in [4.78, 5) is 2.27. The molecule has 0 saturated heterocycles. The number of halogens is 1. The van der Waals surface area contributed by atoms with Crippen LogP contribution in [0, 0.1) is 0 Å². The molecule has 1 rings (SSSR count). The van der Waals surface area contributed by atoms with Crippen molar-refractivity contribution in [3.63, 3.8) is 0 Å². The maximum absolute atomic E-state index is 6.50. The second-order valence-electron chi connectivity index (χ2n) is 5.26. The molecule has 0 aromatic heterocycles. The van der Waals surface area contributed by atoms with Gasteiger partial charge in [0, 0.05) is 18.6 Å². The fourth-order valence-electron chi connectivity index (χ4n) is 2.60. The molecule has 5 heteroatoms. The highest BCUT2D eigenvalue weighted by Gasteiger charge is 2.24. The van der Waals surface area contributed by atoms with E-state index in [4.69, 9.17) is 26.8 Å². The average Bonchev–Trinajstić information content (AvgIpc) is 2.49. The van der Waals surface area contributed by atoms with Gasteiger partial charge >= 0.3 is 0 Å². The van der Waals surface area contributed by atoms with E-state index < -0.39 is 0 Å². The molecule has 0 aliphatic carbocycles. The summed E-state index contributed by atoms with van der Waals surface area (Å²) in [5.41, 5.74) is 6.97. The van der Waals surface area contributed by atoms with E-state index in [2.05, 4.69) is 25.8 Å². The summed E-state index contributed by atoms with van der Waals surface area (Å²) in [6.07, 6.45) is 2.26. The van der Waals surface area contributed by atoms with E-state index in [1.54, 1.807) is 14.2 Å². The number of rotatable bonds is 8. The molecule has 0 aliphatic rings. The first kappa shape index (κ1) is 18.1. The molecule has 120 valence electrons. The molecular weight excluding hydrogens is 288 g/mol. The van der Waals surface area contributed by atoms with Crippen molar-refractivity contribution in [2.75, 3.05) is 27.8 Å². The lowest BCUT2D eigenvalue weighted by atomic mass is 10.0. The first-order chi connectivity index (χ1) is 10.0. The highest BCUT2D eigenvalue weighted by Crippen LogP contribution is 2.40. The van der Waals surface area contributed by atoms with Gasteiger partial charge in [-0.3, -0.25) is 4.90 Å². The van der Waals surface area contributed by atoms with Gasteiger partial charge in [-0.05, 0) is 32.0 Å². The molecule has 0 radical (unpaired) electrons. The van der Waals surface area contributed by atoms with E-state index in [0.29, 0.717) is 29.1 Å². The summed E-state index contributed by atoms with van der Waals surface area (Å²) >= 11 is 6.50. The Hall–Kier alpha value is -0.970. The molecule has 2 atom stereocenters. The Morgan fingerprint density at radius 1 is 1.29 bits per heavy atom. The first-order valence-corrected chi connectivity index (χ1v) is 7.71. The molecule has 0 amide bonds. The number of hydrogen-bond acceptors (Lipinski definition) is 4. The third-order valence-corrected chi connectivity index (χ3v) is 4.38. The molecule has 0 fully saturated rings. The monoisotopic (exact) mass is 314 g/mol. The zero-order chi connectivity index (χ0) is 16.0. The molecule has 2 unspecified atom stereocenters. The fraction of sp³-hybridized carbons (Fsp3) is 0.625. The molecular formula is C16H27ClN2O2. The lowest BCUT2D eigenvalue weighted by Crippen LogP contribution is -2.37.